The van der Waals surface area contributed by atoms with Crippen LogP contribution in [0.15, 0.2) is 42.2 Å². The van der Waals surface area contributed by atoms with Crippen LogP contribution in [0.25, 0.3) is 0 Å². The van der Waals surface area contributed by atoms with Gasteiger partial charge in [-0.05, 0) is 26.0 Å². The van der Waals surface area contributed by atoms with Crippen LogP contribution < -0.4 is 16.0 Å². The Bertz CT molecular complexity index is 881. The van der Waals surface area contributed by atoms with Crippen molar-refractivity contribution in [2.24, 2.45) is 0 Å². The Morgan fingerprint density at radius 3 is 2.08 bits per heavy atom. The van der Waals surface area contributed by atoms with Gasteiger partial charge in [0.1, 0.15) is 17.5 Å². The average Bonchev–Trinajstić information content (AvgIpc) is 3.16. The molecule has 0 aliphatic carbocycles. The molecule has 0 atom stereocenters. The lowest BCUT2D eigenvalue weighted by Crippen LogP contribution is -2.17. The number of H-pyrrole nitrogens is 2. The van der Waals surface area contributed by atoms with Crippen molar-refractivity contribution >= 4 is 23.5 Å². The van der Waals surface area contributed by atoms with E-state index in [1.165, 1.54) is 6.08 Å². The fourth-order valence-corrected chi connectivity index (χ4v) is 1.98. The van der Waals surface area contributed by atoms with Gasteiger partial charge in [0.2, 0.25) is 11.9 Å². The number of rotatable bonds is 6. The number of nitrogens with one attached hydrogen (secondary N) is 5. The molecule has 5 N–H and O–H groups in total. The summed E-state index contributed by atoms with van der Waals surface area (Å²) in [4.78, 5) is 20.4. The van der Waals surface area contributed by atoms with Crippen LogP contribution in [0.4, 0.5) is 17.6 Å². The van der Waals surface area contributed by atoms with E-state index in [0.717, 1.165) is 5.69 Å². The van der Waals surface area contributed by atoms with Crippen molar-refractivity contribution < 1.29 is 4.79 Å². The van der Waals surface area contributed by atoms with Gasteiger partial charge < -0.3 is 10.6 Å². The van der Waals surface area contributed by atoms with Crippen LogP contribution >= 0.6 is 0 Å². The molecule has 25 heavy (non-hydrogen) atoms. The smallest absolute Gasteiger partial charge is 0.254 e. The number of aryl methyl sites for hydroxylation is 2. The first-order chi connectivity index (χ1) is 12.1. The minimum absolute atomic E-state index is 0.201. The van der Waals surface area contributed by atoms with E-state index in [1.807, 2.05) is 30.3 Å². The molecule has 0 unspecified atom stereocenters. The summed E-state index contributed by atoms with van der Waals surface area (Å²) in [6, 6.07) is 9.41. The number of benzene rings is 1. The molecule has 2 heterocycles. The van der Waals surface area contributed by atoms with Crippen molar-refractivity contribution in [3.05, 3.63) is 53.9 Å². The first-order valence-electron chi connectivity index (χ1n) is 7.48. The van der Waals surface area contributed by atoms with Crippen LogP contribution in [0.1, 0.15) is 11.6 Å². The van der Waals surface area contributed by atoms with E-state index >= 15 is 0 Å². The zero-order valence-corrected chi connectivity index (χ0v) is 13.7. The molecule has 0 spiro atoms. The number of nitrogens with zero attached hydrogens (tertiary/aromatic N) is 4. The highest BCUT2D eigenvalue weighted by Crippen LogP contribution is 2.11. The first kappa shape index (κ1) is 16.2. The normalized spacial score (nSPS) is 11.2. The number of aromatic nitrogens is 6. The van der Waals surface area contributed by atoms with Crippen molar-refractivity contribution in [2.75, 3.05) is 16.0 Å². The van der Waals surface area contributed by atoms with E-state index in [9.17, 15) is 4.79 Å². The van der Waals surface area contributed by atoms with Gasteiger partial charge in [-0.25, -0.2) is 0 Å². The van der Waals surface area contributed by atoms with Gasteiger partial charge in [0, 0.05) is 11.8 Å². The molecule has 0 saturated heterocycles. The Balaban J connectivity index is 1.77. The Labute approximate surface area is 143 Å². The topological polar surface area (TPSA) is 136 Å². The summed E-state index contributed by atoms with van der Waals surface area (Å²) in [5.41, 5.74) is 0.801. The number of hydrogen-bond acceptors (Lipinski definition) is 7. The minimum atomic E-state index is -0.405. The zero-order valence-electron chi connectivity index (χ0n) is 13.7. The monoisotopic (exact) mass is 339 g/mol. The van der Waals surface area contributed by atoms with Gasteiger partial charge in [0.05, 0.1) is 0 Å². The molecule has 3 aromatic rings. The van der Waals surface area contributed by atoms with Crippen molar-refractivity contribution in [2.45, 2.75) is 13.8 Å². The van der Waals surface area contributed by atoms with Gasteiger partial charge in [0.25, 0.3) is 5.91 Å². The maximum Gasteiger partial charge on any atom is 0.254 e. The number of aromatic amines is 2. The summed E-state index contributed by atoms with van der Waals surface area (Å²) in [6.07, 6.45) is 1.34. The number of carbonyl (C=O) groups is 1. The molecule has 10 nitrogen and oxygen atoms in total. The summed E-state index contributed by atoms with van der Waals surface area (Å²) in [5, 5.41) is 21.9. The molecular formula is C15H17N9O. The van der Waals surface area contributed by atoms with Crippen LogP contribution in [-0.2, 0) is 4.79 Å². The lowest BCUT2D eigenvalue weighted by Gasteiger charge is -2.11. The van der Waals surface area contributed by atoms with Crippen molar-refractivity contribution in [1.29, 1.82) is 0 Å². The summed E-state index contributed by atoms with van der Waals surface area (Å²) in [7, 11) is 0. The van der Waals surface area contributed by atoms with E-state index in [2.05, 4.69) is 46.3 Å². The molecule has 0 radical (unpaired) electrons. The van der Waals surface area contributed by atoms with E-state index in [4.69, 9.17) is 0 Å². The zero-order chi connectivity index (χ0) is 17.6. The van der Waals surface area contributed by atoms with E-state index in [0.29, 0.717) is 23.4 Å². The molecule has 0 bridgehead atoms. The third-order valence-electron chi connectivity index (χ3n) is 3.00. The van der Waals surface area contributed by atoms with Crippen LogP contribution in [0, 0.1) is 13.8 Å². The van der Waals surface area contributed by atoms with Crippen molar-refractivity contribution in [1.82, 2.24) is 30.4 Å². The predicted octanol–water partition coefficient (Wildman–Crippen LogP) is 1.54. The molecule has 0 aliphatic heterocycles. The molecule has 0 saturated carbocycles. The molecular weight excluding hydrogens is 322 g/mol. The molecule has 10 heteroatoms. The third kappa shape index (κ3) is 4.64. The Morgan fingerprint density at radius 1 is 0.920 bits per heavy atom. The van der Waals surface area contributed by atoms with Crippen molar-refractivity contribution in [3.63, 3.8) is 0 Å². The highest BCUT2D eigenvalue weighted by molar-refractivity contribution is 5.99. The Kier molecular flexibility index (Phi) is 4.69. The lowest BCUT2D eigenvalue weighted by molar-refractivity contribution is -0.112. The molecule has 1 amide bonds. The molecule has 0 aliphatic rings. The average molecular weight is 339 g/mol. The first-order valence-corrected chi connectivity index (χ1v) is 7.48. The van der Waals surface area contributed by atoms with E-state index in [1.54, 1.807) is 13.8 Å². The molecule has 1 aromatic carbocycles. The van der Waals surface area contributed by atoms with Gasteiger partial charge in [-0.15, -0.1) is 10.2 Å². The minimum Gasteiger partial charge on any atom is -0.342 e. The quantitative estimate of drug-likeness (QED) is 0.430. The Hall–Kier alpha value is -3.69. The second kappa shape index (κ2) is 7.25. The number of para-hydroxylation sites is 1. The van der Waals surface area contributed by atoms with Crippen LogP contribution in [-0.4, -0.2) is 36.3 Å². The second-order valence-corrected chi connectivity index (χ2v) is 5.15. The standard InChI is InChI=1S/C15H17N9O/c1-9-16-14(23-21-9)19-12(18-11-6-4-3-5-7-11)8-13(25)20-15-17-10(2)22-24-15/h3-8,18H,1-2H3,(H2,16,19,21,23)(H2,17,20,22,24,25)/b12-8-. The number of carbonyl (C=O) groups excluding carboxylic acids is 1. The molecule has 3 rings (SSSR count). The highest BCUT2D eigenvalue weighted by atomic mass is 16.1. The van der Waals surface area contributed by atoms with Gasteiger partial charge >= 0.3 is 0 Å². The number of anilines is 3. The van der Waals surface area contributed by atoms with Gasteiger partial charge in [-0.1, -0.05) is 18.2 Å². The van der Waals surface area contributed by atoms with Crippen LogP contribution in [0.3, 0.4) is 0 Å². The lowest BCUT2D eigenvalue weighted by atomic mass is 10.3. The third-order valence-corrected chi connectivity index (χ3v) is 3.00. The fraction of sp³-hybridized carbons (Fsp3) is 0.133. The van der Waals surface area contributed by atoms with Crippen LogP contribution in [0.2, 0.25) is 0 Å². The molecule has 128 valence electrons. The largest absolute Gasteiger partial charge is 0.342 e. The predicted molar refractivity (Wildman–Crippen MR) is 92.6 cm³/mol. The van der Waals surface area contributed by atoms with E-state index in [-0.39, 0.29) is 5.95 Å². The molecule has 0 fully saturated rings. The summed E-state index contributed by atoms with van der Waals surface area (Å²) >= 11 is 0. The summed E-state index contributed by atoms with van der Waals surface area (Å²) in [6.45, 7) is 3.53. The van der Waals surface area contributed by atoms with E-state index < -0.39 is 5.91 Å². The SMILES string of the molecule is Cc1nc(NC(=O)/C=C(/Nc2ccccc2)Nc2n[nH]c(C)n2)n[nH]1. The Morgan fingerprint density at radius 2 is 1.52 bits per heavy atom. The highest BCUT2D eigenvalue weighted by Gasteiger charge is 2.08. The van der Waals surface area contributed by atoms with Crippen LogP contribution in [0.5, 0.6) is 0 Å². The maximum atomic E-state index is 12.2. The fourth-order valence-electron chi connectivity index (χ4n) is 1.98. The number of hydrogen-bond donors (Lipinski definition) is 5. The van der Waals surface area contributed by atoms with Gasteiger partial charge in [-0.2, -0.15) is 9.97 Å². The molecule has 2 aromatic heterocycles. The second-order valence-electron chi connectivity index (χ2n) is 5.15. The van der Waals surface area contributed by atoms with Gasteiger partial charge in [0.15, 0.2) is 0 Å². The van der Waals surface area contributed by atoms with Gasteiger partial charge in [-0.3, -0.25) is 20.3 Å². The summed E-state index contributed by atoms with van der Waals surface area (Å²) < 4.78 is 0. The number of amides is 1. The summed E-state index contributed by atoms with van der Waals surface area (Å²) in [5.74, 6) is 1.80. The maximum absolute atomic E-state index is 12.2. The van der Waals surface area contributed by atoms with Crippen molar-refractivity contribution in [3.8, 4) is 0 Å².